The van der Waals surface area contributed by atoms with Gasteiger partial charge in [0.25, 0.3) is 0 Å². The highest BCUT2D eigenvalue weighted by atomic mass is 16.7. The smallest absolute Gasteiger partial charge is 0.312 e. The van der Waals surface area contributed by atoms with Crippen molar-refractivity contribution in [2.24, 2.45) is 5.16 Å². The van der Waals surface area contributed by atoms with Crippen molar-refractivity contribution in [1.29, 1.82) is 0 Å². The quantitative estimate of drug-likeness (QED) is 0.635. The fraction of sp³-hybridized carbons (Fsp3) is 0.0526. The number of carbonyl (C=O) groups excluding carboxylic acids is 1. The van der Waals surface area contributed by atoms with Crippen molar-refractivity contribution in [1.82, 2.24) is 0 Å². The molecule has 3 rings (SSSR count). The van der Waals surface area contributed by atoms with E-state index < -0.39 is 5.97 Å². The van der Waals surface area contributed by atoms with Gasteiger partial charge in [-0.2, -0.15) is 0 Å². The molecule has 0 aromatic heterocycles. The number of benzene rings is 2. The average molecular weight is 289 g/mol. The largest absolute Gasteiger partial charge is 0.368 e. The van der Waals surface area contributed by atoms with Crippen LogP contribution in [0, 0.1) is 6.92 Å². The van der Waals surface area contributed by atoms with Gasteiger partial charge in [-0.3, -0.25) is 0 Å². The Hall–Kier alpha value is -2.94. The summed E-state index contributed by atoms with van der Waals surface area (Å²) in [5.41, 5.74) is 4.20. The summed E-state index contributed by atoms with van der Waals surface area (Å²) in [5.74, 6) is -0.423. The van der Waals surface area contributed by atoms with E-state index in [2.05, 4.69) is 5.16 Å². The van der Waals surface area contributed by atoms with Crippen LogP contribution in [0.2, 0.25) is 0 Å². The van der Waals surface area contributed by atoms with Crippen LogP contribution in [0.4, 0.5) is 0 Å². The Bertz CT molecular complexity index is 786. The number of oxime groups is 1. The first kappa shape index (κ1) is 14.0. The number of nitrogens with zero attached hydrogens (tertiary/aromatic N) is 1. The molecule has 3 heteroatoms. The molecule has 0 aliphatic carbocycles. The molecular weight excluding hydrogens is 274 g/mol. The third-order valence-electron chi connectivity index (χ3n) is 3.47. The van der Waals surface area contributed by atoms with E-state index in [0.717, 1.165) is 11.1 Å². The number of carbonyl (C=O) groups is 1. The Kier molecular flexibility index (Phi) is 3.97. The summed E-state index contributed by atoms with van der Waals surface area (Å²) in [6.07, 6.45) is 5.56. The zero-order valence-corrected chi connectivity index (χ0v) is 12.2. The molecule has 0 radical (unpaired) electrons. The summed E-state index contributed by atoms with van der Waals surface area (Å²) in [6, 6.07) is 17.6. The predicted octanol–water partition coefficient (Wildman–Crippen LogP) is 3.90. The van der Waals surface area contributed by atoms with Crippen LogP contribution in [0.5, 0.6) is 0 Å². The highest BCUT2D eigenvalue weighted by molar-refractivity contribution is 6.29. The molecule has 2 aromatic rings. The number of aryl methyl sites for hydroxylation is 1. The number of hydrogen-bond donors (Lipinski definition) is 0. The average Bonchev–Trinajstić information content (AvgIpc) is 2.91. The fourth-order valence-electron chi connectivity index (χ4n) is 2.26. The van der Waals surface area contributed by atoms with Gasteiger partial charge < -0.3 is 4.84 Å². The number of hydrogen-bond acceptors (Lipinski definition) is 3. The summed E-state index contributed by atoms with van der Waals surface area (Å²) in [5, 5.41) is 3.88. The zero-order valence-electron chi connectivity index (χ0n) is 12.2. The molecule has 3 nitrogen and oxygen atoms in total. The normalized spacial score (nSPS) is 16.1. The lowest BCUT2D eigenvalue weighted by molar-refractivity contribution is -0.136. The van der Waals surface area contributed by atoms with Gasteiger partial charge in [-0.15, -0.1) is 0 Å². The zero-order chi connectivity index (χ0) is 15.4. The Balaban J connectivity index is 1.88. The van der Waals surface area contributed by atoms with Gasteiger partial charge in [0.1, 0.15) is 5.71 Å². The Morgan fingerprint density at radius 3 is 2.50 bits per heavy atom. The highest BCUT2D eigenvalue weighted by Crippen LogP contribution is 2.18. The molecule has 1 heterocycles. The maximum Gasteiger partial charge on any atom is 0.368 e. The SMILES string of the molecule is Cc1ccccc1/C=C/C=C1\C(=O)ON=C1c1ccccc1. The summed E-state index contributed by atoms with van der Waals surface area (Å²) in [4.78, 5) is 16.6. The molecule has 108 valence electrons. The van der Waals surface area contributed by atoms with Crippen LogP contribution in [0.3, 0.4) is 0 Å². The first-order valence-electron chi connectivity index (χ1n) is 7.05. The second-order valence-electron chi connectivity index (χ2n) is 4.98. The summed E-state index contributed by atoms with van der Waals surface area (Å²) in [6.45, 7) is 2.05. The lowest BCUT2D eigenvalue weighted by atomic mass is 10.0. The predicted molar refractivity (Wildman–Crippen MR) is 87.4 cm³/mol. The third-order valence-corrected chi connectivity index (χ3v) is 3.47. The fourth-order valence-corrected chi connectivity index (χ4v) is 2.26. The van der Waals surface area contributed by atoms with Crippen LogP contribution in [0.1, 0.15) is 16.7 Å². The minimum Gasteiger partial charge on any atom is -0.312 e. The van der Waals surface area contributed by atoms with Crippen LogP contribution < -0.4 is 0 Å². The van der Waals surface area contributed by atoms with Gasteiger partial charge >= 0.3 is 5.97 Å². The van der Waals surface area contributed by atoms with Crippen LogP contribution in [0.25, 0.3) is 6.08 Å². The van der Waals surface area contributed by atoms with E-state index in [1.54, 1.807) is 6.08 Å². The van der Waals surface area contributed by atoms with Gasteiger partial charge in [-0.25, -0.2) is 4.79 Å². The molecule has 2 aromatic carbocycles. The van der Waals surface area contributed by atoms with Crippen molar-refractivity contribution in [3.05, 3.63) is 89.0 Å². The second kappa shape index (κ2) is 6.22. The van der Waals surface area contributed by atoms with Gasteiger partial charge in [0.05, 0.1) is 5.57 Å². The van der Waals surface area contributed by atoms with E-state index >= 15 is 0 Å². The van der Waals surface area contributed by atoms with Crippen LogP contribution in [-0.4, -0.2) is 11.7 Å². The van der Waals surface area contributed by atoms with Crippen LogP contribution >= 0.6 is 0 Å². The Morgan fingerprint density at radius 2 is 1.73 bits per heavy atom. The van der Waals surface area contributed by atoms with Gasteiger partial charge in [-0.1, -0.05) is 71.9 Å². The van der Waals surface area contributed by atoms with E-state index in [9.17, 15) is 4.79 Å². The molecule has 0 bridgehead atoms. The van der Waals surface area contributed by atoms with E-state index in [1.165, 1.54) is 5.56 Å². The minimum absolute atomic E-state index is 0.423. The van der Waals surface area contributed by atoms with Gasteiger partial charge in [-0.05, 0) is 24.1 Å². The van der Waals surface area contributed by atoms with Gasteiger partial charge in [0.2, 0.25) is 0 Å². The monoisotopic (exact) mass is 289 g/mol. The number of allylic oxidation sites excluding steroid dienone is 2. The van der Waals surface area contributed by atoms with Crippen molar-refractivity contribution >= 4 is 17.8 Å². The van der Waals surface area contributed by atoms with Crippen molar-refractivity contribution in [2.75, 3.05) is 0 Å². The van der Waals surface area contributed by atoms with Crippen molar-refractivity contribution in [3.8, 4) is 0 Å². The topological polar surface area (TPSA) is 38.7 Å². The van der Waals surface area contributed by atoms with E-state index in [4.69, 9.17) is 4.84 Å². The molecule has 0 amide bonds. The van der Waals surface area contributed by atoms with Crippen molar-refractivity contribution in [2.45, 2.75) is 6.92 Å². The molecule has 22 heavy (non-hydrogen) atoms. The summed E-state index contributed by atoms with van der Waals surface area (Å²) >= 11 is 0. The first-order chi connectivity index (χ1) is 10.8. The molecular formula is C19H15NO2. The number of rotatable bonds is 3. The second-order valence-corrected chi connectivity index (χ2v) is 4.98. The standard InChI is InChI=1S/C19H15NO2/c1-14-8-5-6-9-15(14)12-7-13-17-18(20-22-19(17)21)16-10-3-2-4-11-16/h2-13H,1H3/b12-7+,17-13-. The first-order valence-corrected chi connectivity index (χ1v) is 7.05. The lowest BCUT2D eigenvalue weighted by Gasteiger charge is -1.99. The third kappa shape index (κ3) is 2.88. The van der Waals surface area contributed by atoms with E-state index in [1.807, 2.05) is 73.7 Å². The Labute approximate surface area is 129 Å². The van der Waals surface area contributed by atoms with Gasteiger partial charge in [0.15, 0.2) is 0 Å². The molecule has 0 spiro atoms. The maximum absolute atomic E-state index is 11.8. The molecule has 0 fully saturated rings. The highest BCUT2D eigenvalue weighted by Gasteiger charge is 2.25. The van der Waals surface area contributed by atoms with Crippen LogP contribution in [-0.2, 0) is 9.63 Å². The molecule has 0 saturated carbocycles. The van der Waals surface area contributed by atoms with Crippen molar-refractivity contribution in [3.63, 3.8) is 0 Å². The van der Waals surface area contributed by atoms with Gasteiger partial charge in [0, 0.05) is 5.56 Å². The molecule has 0 unspecified atom stereocenters. The molecule has 0 atom stereocenters. The molecule has 1 aliphatic heterocycles. The Morgan fingerprint density at radius 1 is 1.00 bits per heavy atom. The molecule has 0 N–H and O–H groups in total. The van der Waals surface area contributed by atoms with E-state index in [-0.39, 0.29) is 0 Å². The molecule has 1 aliphatic rings. The maximum atomic E-state index is 11.8. The summed E-state index contributed by atoms with van der Waals surface area (Å²) in [7, 11) is 0. The summed E-state index contributed by atoms with van der Waals surface area (Å²) < 4.78 is 0. The van der Waals surface area contributed by atoms with Crippen LogP contribution in [0.15, 0.2) is 77.5 Å². The lowest BCUT2D eigenvalue weighted by Crippen LogP contribution is -2.06. The molecule has 0 saturated heterocycles. The van der Waals surface area contributed by atoms with Crippen molar-refractivity contribution < 1.29 is 9.63 Å². The minimum atomic E-state index is -0.423. The van der Waals surface area contributed by atoms with E-state index in [0.29, 0.717) is 11.3 Å².